The third-order valence-electron chi connectivity index (χ3n) is 4.27. The summed E-state index contributed by atoms with van der Waals surface area (Å²) in [6.45, 7) is 4.70. The number of hydrogen-bond donors (Lipinski definition) is 2. The average molecular weight is 240 g/mol. The van der Waals surface area contributed by atoms with Gasteiger partial charge in [0.2, 0.25) is 5.91 Å². The number of nitrogens with one attached hydrogen (secondary N) is 1. The molecule has 2 N–H and O–H groups in total. The van der Waals surface area contributed by atoms with E-state index >= 15 is 0 Å². The van der Waals surface area contributed by atoms with E-state index in [1.54, 1.807) is 0 Å². The highest BCUT2D eigenvalue weighted by Gasteiger charge is 2.39. The number of carbonyl (C=O) groups is 1. The van der Waals surface area contributed by atoms with E-state index in [1.807, 2.05) is 11.8 Å². The van der Waals surface area contributed by atoms with Crippen molar-refractivity contribution >= 4 is 5.91 Å². The van der Waals surface area contributed by atoms with Gasteiger partial charge in [0.05, 0.1) is 12.6 Å². The lowest BCUT2D eigenvalue weighted by atomic mass is 9.86. The summed E-state index contributed by atoms with van der Waals surface area (Å²) < 4.78 is 0. The topological polar surface area (TPSA) is 52.6 Å². The number of rotatable bonds is 5. The number of likely N-dealkylation sites (N-methyl/N-ethyl adjacent to an activating group) is 1. The fourth-order valence-corrected chi connectivity index (χ4v) is 3.23. The summed E-state index contributed by atoms with van der Waals surface area (Å²) in [6, 6.07) is 0.0112. The number of likely N-dealkylation sites (tertiary alicyclic amines) is 1. The maximum Gasteiger partial charge on any atom is 0.239 e. The van der Waals surface area contributed by atoms with Crippen LogP contribution in [0.15, 0.2) is 0 Å². The second-order valence-electron chi connectivity index (χ2n) is 5.52. The predicted octanol–water partition coefficient (Wildman–Crippen LogP) is 0.749. The van der Waals surface area contributed by atoms with Gasteiger partial charge in [-0.1, -0.05) is 19.8 Å². The van der Waals surface area contributed by atoms with Crippen molar-refractivity contribution in [1.82, 2.24) is 10.2 Å². The van der Waals surface area contributed by atoms with Gasteiger partial charge in [-0.25, -0.2) is 0 Å². The highest BCUT2D eigenvalue weighted by Crippen LogP contribution is 2.39. The fourth-order valence-electron chi connectivity index (χ4n) is 3.23. The van der Waals surface area contributed by atoms with Crippen molar-refractivity contribution in [3.05, 3.63) is 0 Å². The molecule has 2 aliphatic rings. The highest BCUT2D eigenvalue weighted by molar-refractivity contribution is 5.84. The van der Waals surface area contributed by atoms with Gasteiger partial charge in [0.1, 0.15) is 0 Å². The van der Waals surface area contributed by atoms with Crippen LogP contribution in [0.25, 0.3) is 0 Å². The van der Waals surface area contributed by atoms with Crippen LogP contribution in [0.4, 0.5) is 0 Å². The maximum absolute atomic E-state index is 12.1. The molecule has 17 heavy (non-hydrogen) atoms. The van der Waals surface area contributed by atoms with E-state index < -0.39 is 0 Å². The summed E-state index contributed by atoms with van der Waals surface area (Å²) >= 11 is 0. The highest BCUT2D eigenvalue weighted by atomic mass is 16.3. The van der Waals surface area contributed by atoms with Crippen LogP contribution in [0.3, 0.4) is 0 Å². The SMILES string of the molecule is CCNC1CCN(CC2(CO)CCCC2)C1=O. The summed E-state index contributed by atoms with van der Waals surface area (Å²) in [7, 11) is 0. The summed E-state index contributed by atoms with van der Waals surface area (Å²) in [6.07, 6.45) is 5.44. The summed E-state index contributed by atoms with van der Waals surface area (Å²) in [5.74, 6) is 0.228. The molecule has 0 spiro atoms. The van der Waals surface area contributed by atoms with E-state index in [-0.39, 0.29) is 24.0 Å². The number of hydrogen-bond acceptors (Lipinski definition) is 3. The van der Waals surface area contributed by atoms with Gasteiger partial charge >= 0.3 is 0 Å². The number of amides is 1. The Labute approximate surface area is 103 Å². The van der Waals surface area contributed by atoms with E-state index in [9.17, 15) is 9.90 Å². The Bertz CT molecular complexity index is 275. The van der Waals surface area contributed by atoms with Crippen LogP contribution in [-0.4, -0.2) is 48.2 Å². The second-order valence-corrected chi connectivity index (χ2v) is 5.52. The first-order valence-electron chi connectivity index (χ1n) is 6.84. The lowest BCUT2D eigenvalue weighted by molar-refractivity contribution is -0.131. The molecule has 2 rings (SSSR count). The Balaban J connectivity index is 1.93. The van der Waals surface area contributed by atoms with Crippen LogP contribution in [-0.2, 0) is 4.79 Å². The number of nitrogens with zero attached hydrogens (tertiary/aromatic N) is 1. The standard InChI is InChI=1S/C13H24N2O2/c1-2-14-11-5-8-15(12(11)17)9-13(10-16)6-3-4-7-13/h11,14,16H,2-10H2,1H3. The zero-order valence-corrected chi connectivity index (χ0v) is 10.7. The molecule has 1 atom stereocenters. The first-order valence-corrected chi connectivity index (χ1v) is 6.84. The van der Waals surface area contributed by atoms with Crippen LogP contribution in [0.2, 0.25) is 0 Å². The van der Waals surface area contributed by atoms with Crippen LogP contribution in [0.1, 0.15) is 39.0 Å². The van der Waals surface area contributed by atoms with Crippen molar-refractivity contribution in [3.8, 4) is 0 Å². The van der Waals surface area contributed by atoms with Gasteiger partial charge in [0.25, 0.3) is 0 Å². The Morgan fingerprint density at radius 2 is 2.18 bits per heavy atom. The largest absolute Gasteiger partial charge is 0.396 e. The molecule has 1 heterocycles. The Hall–Kier alpha value is -0.610. The van der Waals surface area contributed by atoms with E-state index in [1.165, 1.54) is 12.8 Å². The van der Waals surface area contributed by atoms with E-state index in [0.717, 1.165) is 38.9 Å². The number of aliphatic hydroxyl groups excluding tert-OH is 1. The van der Waals surface area contributed by atoms with Crippen molar-refractivity contribution in [2.45, 2.75) is 45.1 Å². The first kappa shape index (κ1) is 12.8. The van der Waals surface area contributed by atoms with E-state index in [0.29, 0.717) is 0 Å². The minimum absolute atomic E-state index is 0.00321. The van der Waals surface area contributed by atoms with E-state index in [2.05, 4.69) is 5.32 Å². The first-order chi connectivity index (χ1) is 8.21. The average Bonchev–Trinajstić information content (AvgIpc) is 2.92. The van der Waals surface area contributed by atoms with Gasteiger partial charge in [-0.2, -0.15) is 0 Å². The van der Waals surface area contributed by atoms with Gasteiger partial charge in [-0.05, 0) is 25.8 Å². The predicted molar refractivity (Wildman–Crippen MR) is 66.6 cm³/mol. The third-order valence-corrected chi connectivity index (χ3v) is 4.27. The van der Waals surface area contributed by atoms with Gasteiger partial charge in [0.15, 0.2) is 0 Å². The molecule has 1 aliphatic carbocycles. The molecule has 1 aliphatic heterocycles. The molecule has 0 aromatic rings. The van der Waals surface area contributed by atoms with Crippen molar-refractivity contribution in [2.75, 3.05) is 26.2 Å². The quantitative estimate of drug-likeness (QED) is 0.745. The van der Waals surface area contributed by atoms with Crippen molar-refractivity contribution in [3.63, 3.8) is 0 Å². The molecule has 2 fully saturated rings. The molecule has 1 unspecified atom stereocenters. The normalized spacial score (nSPS) is 28.0. The maximum atomic E-state index is 12.1. The molecular weight excluding hydrogens is 216 g/mol. The zero-order chi connectivity index (χ0) is 12.3. The fraction of sp³-hybridized carbons (Fsp3) is 0.923. The van der Waals surface area contributed by atoms with Gasteiger partial charge in [-0.3, -0.25) is 4.79 Å². The molecule has 0 bridgehead atoms. The van der Waals surface area contributed by atoms with Crippen LogP contribution >= 0.6 is 0 Å². The molecule has 1 saturated carbocycles. The Morgan fingerprint density at radius 1 is 1.47 bits per heavy atom. The molecule has 1 amide bonds. The smallest absolute Gasteiger partial charge is 0.239 e. The van der Waals surface area contributed by atoms with Crippen LogP contribution < -0.4 is 5.32 Å². The van der Waals surface area contributed by atoms with Gasteiger partial charge in [0, 0.05) is 18.5 Å². The zero-order valence-electron chi connectivity index (χ0n) is 10.7. The van der Waals surface area contributed by atoms with Gasteiger partial charge in [-0.15, -0.1) is 0 Å². The Kier molecular flexibility index (Phi) is 4.05. The molecule has 4 nitrogen and oxygen atoms in total. The van der Waals surface area contributed by atoms with Crippen molar-refractivity contribution < 1.29 is 9.90 Å². The number of carbonyl (C=O) groups excluding carboxylic acids is 1. The minimum Gasteiger partial charge on any atom is -0.396 e. The third kappa shape index (κ3) is 2.63. The lowest BCUT2D eigenvalue weighted by Crippen LogP contribution is -2.43. The molecule has 4 heteroatoms. The summed E-state index contributed by atoms with van der Waals surface area (Å²) in [5, 5.41) is 12.8. The molecule has 1 saturated heterocycles. The van der Waals surface area contributed by atoms with Crippen LogP contribution in [0.5, 0.6) is 0 Å². The lowest BCUT2D eigenvalue weighted by Gasteiger charge is -2.31. The minimum atomic E-state index is -0.00321. The number of aliphatic hydroxyl groups is 1. The molecule has 0 aromatic carbocycles. The van der Waals surface area contributed by atoms with Gasteiger partial charge < -0.3 is 15.3 Å². The molecule has 98 valence electrons. The second kappa shape index (κ2) is 5.36. The summed E-state index contributed by atoms with van der Waals surface area (Å²) in [4.78, 5) is 14.1. The summed E-state index contributed by atoms with van der Waals surface area (Å²) in [5.41, 5.74) is -0.00321. The monoisotopic (exact) mass is 240 g/mol. The molecular formula is C13H24N2O2. The van der Waals surface area contributed by atoms with Crippen molar-refractivity contribution in [1.29, 1.82) is 0 Å². The van der Waals surface area contributed by atoms with Crippen LogP contribution in [0, 0.1) is 5.41 Å². The van der Waals surface area contributed by atoms with E-state index in [4.69, 9.17) is 0 Å². The molecule has 0 aromatic heterocycles. The Morgan fingerprint density at radius 3 is 2.76 bits per heavy atom. The molecule has 0 radical (unpaired) electrons. The van der Waals surface area contributed by atoms with Crippen molar-refractivity contribution in [2.24, 2.45) is 5.41 Å².